The molecule has 0 aliphatic carbocycles. The Morgan fingerprint density at radius 3 is 2.88 bits per heavy atom. The van der Waals surface area contributed by atoms with Gasteiger partial charge in [0.25, 0.3) is 5.91 Å². The number of aromatic amines is 1. The van der Waals surface area contributed by atoms with Crippen LogP contribution in [0, 0.1) is 6.92 Å². The zero-order valence-electron chi connectivity index (χ0n) is 14.3. The van der Waals surface area contributed by atoms with Crippen molar-refractivity contribution in [2.75, 3.05) is 25.0 Å². The normalized spacial score (nSPS) is 17.2. The van der Waals surface area contributed by atoms with E-state index in [-0.39, 0.29) is 12.0 Å². The molecule has 0 radical (unpaired) electrons. The van der Waals surface area contributed by atoms with Crippen LogP contribution in [0.1, 0.15) is 27.8 Å². The number of amides is 1. The summed E-state index contributed by atoms with van der Waals surface area (Å²) < 4.78 is 5.74. The number of rotatable bonds is 4. The maximum atomic E-state index is 12.4. The molecule has 4 rings (SSSR count). The highest BCUT2D eigenvalue weighted by atomic mass is 32.1. The third kappa shape index (κ3) is 3.52. The van der Waals surface area contributed by atoms with E-state index in [0.29, 0.717) is 12.3 Å². The summed E-state index contributed by atoms with van der Waals surface area (Å²) in [5.41, 5.74) is 4.08. The molecule has 1 atom stereocenters. The third-order valence-corrected chi connectivity index (χ3v) is 5.14. The van der Waals surface area contributed by atoms with Gasteiger partial charge >= 0.3 is 0 Å². The van der Waals surface area contributed by atoms with Crippen LogP contribution in [0.5, 0.6) is 0 Å². The van der Waals surface area contributed by atoms with E-state index in [1.54, 1.807) is 11.6 Å². The van der Waals surface area contributed by atoms with E-state index < -0.39 is 0 Å². The van der Waals surface area contributed by atoms with Crippen LogP contribution < -0.4 is 10.6 Å². The van der Waals surface area contributed by atoms with Crippen LogP contribution in [0.15, 0.2) is 35.8 Å². The van der Waals surface area contributed by atoms with Crippen LogP contribution in [-0.4, -0.2) is 40.8 Å². The summed E-state index contributed by atoms with van der Waals surface area (Å²) in [6, 6.07) is 7.74. The molecule has 26 heavy (non-hydrogen) atoms. The minimum Gasteiger partial charge on any atom is -0.371 e. The average Bonchev–Trinajstić information content (AvgIpc) is 3.32. The quantitative estimate of drug-likeness (QED) is 0.658. The number of carbonyl (C=O) groups excluding carboxylic acids is 1. The number of aromatic nitrogens is 3. The van der Waals surface area contributed by atoms with Crippen molar-refractivity contribution in [1.29, 1.82) is 0 Å². The molecule has 1 unspecified atom stereocenters. The molecule has 1 aliphatic rings. The zero-order valence-corrected chi connectivity index (χ0v) is 15.1. The Kier molecular flexibility index (Phi) is 4.79. The molecule has 1 aromatic carbocycles. The predicted molar refractivity (Wildman–Crippen MR) is 100 cm³/mol. The SMILES string of the molecule is Cc1[nH]ncc1-c1nc(C(=O)Nc2ccc(C3CNCCO3)cc2)cs1. The lowest BCUT2D eigenvalue weighted by molar-refractivity contribution is 0.0277. The summed E-state index contributed by atoms with van der Waals surface area (Å²) in [5, 5.41) is 15.6. The molecule has 134 valence electrons. The second-order valence-corrected chi connectivity index (χ2v) is 6.94. The molecule has 3 heterocycles. The van der Waals surface area contributed by atoms with Crippen LogP contribution in [0.2, 0.25) is 0 Å². The van der Waals surface area contributed by atoms with Gasteiger partial charge in [0.05, 0.1) is 24.5 Å². The predicted octanol–water partition coefficient (Wildman–Crippen LogP) is 2.75. The van der Waals surface area contributed by atoms with Gasteiger partial charge in [-0.25, -0.2) is 4.98 Å². The van der Waals surface area contributed by atoms with E-state index in [2.05, 4.69) is 25.8 Å². The smallest absolute Gasteiger partial charge is 0.275 e. The van der Waals surface area contributed by atoms with E-state index in [1.165, 1.54) is 11.3 Å². The largest absolute Gasteiger partial charge is 0.371 e. The molecule has 1 fully saturated rings. The molecule has 1 saturated heterocycles. The number of nitrogens with zero attached hydrogens (tertiary/aromatic N) is 2. The molecular formula is C18H19N5O2S. The van der Waals surface area contributed by atoms with Gasteiger partial charge in [0, 0.05) is 29.9 Å². The number of hydrogen-bond donors (Lipinski definition) is 3. The fourth-order valence-electron chi connectivity index (χ4n) is 2.82. The minimum atomic E-state index is -0.225. The summed E-state index contributed by atoms with van der Waals surface area (Å²) in [6.45, 7) is 4.33. The molecule has 3 aromatic rings. The first kappa shape index (κ1) is 16.9. The number of morpholine rings is 1. The fraction of sp³-hybridized carbons (Fsp3) is 0.278. The highest BCUT2D eigenvalue weighted by Crippen LogP contribution is 2.26. The molecular weight excluding hydrogens is 350 g/mol. The fourth-order valence-corrected chi connectivity index (χ4v) is 3.69. The summed E-state index contributed by atoms with van der Waals surface area (Å²) in [7, 11) is 0. The first-order valence-corrected chi connectivity index (χ1v) is 9.28. The maximum Gasteiger partial charge on any atom is 0.275 e. The van der Waals surface area contributed by atoms with Crippen LogP contribution >= 0.6 is 11.3 Å². The maximum absolute atomic E-state index is 12.4. The van der Waals surface area contributed by atoms with E-state index >= 15 is 0 Å². The summed E-state index contributed by atoms with van der Waals surface area (Å²) in [6.07, 6.45) is 1.78. The number of ether oxygens (including phenoxy) is 1. The van der Waals surface area contributed by atoms with E-state index in [4.69, 9.17) is 4.74 Å². The number of aryl methyl sites for hydroxylation is 1. The second kappa shape index (κ2) is 7.36. The van der Waals surface area contributed by atoms with Crippen LogP contribution in [0.3, 0.4) is 0 Å². The van der Waals surface area contributed by atoms with Gasteiger partial charge in [-0.1, -0.05) is 12.1 Å². The van der Waals surface area contributed by atoms with Crippen molar-refractivity contribution in [3.05, 3.63) is 52.8 Å². The molecule has 3 N–H and O–H groups in total. The topological polar surface area (TPSA) is 91.9 Å². The van der Waals surface area contributed by atoms with E-state index in [9.17, 15) is 4.79 Å². The first-order chi connectivity index (χ1) is 12.7. The van der Waals surface area contributed by atoms with Crippen molar-refractivity contribution in [3.8, 4) is 10.6 Å². The summed E-state index contributed by atoms with van der Waals surface area (Å²) in [4.78, 5) is 16.9. The van der Waals surface area contributed by atoms with Crippen molar-refractivity contribution in [2.45, 2.75) is 13.0 Å². The molecule has 7 nitrogen and oxygen atoms in total. The molecule has 0 saturated carbocycles. The van der Waals surface area contributed by atoms with Crippen molar-refractivity contribution < 1.29 is 9.53 Å². The van der Waals surface area contributed by atoms with Gasteiger partial charge in [-0.2, -0.15) is 5.10 Å². The van der Waals surface area contributed by atoms with Crippen molar-refractivity contribution >= 4 is 22.9 Å². The molecule has 1 aliphatic heterocycles. The monoisotopic (exact) mass is 369 g/mol. The zero-order chi connectivity index (χ0) is 17.9. The van der Waals surface area contributed by atoms with Gasteiger partial charge in [-0.05, 0) is 24.6 Å². The lowest BCUT2D eigenvalue weighted by Gasteiger charge is -2.24. The number of nitrogens with one attached hydrogen (secondary N) is 3. The highest BCUT2D eigenvalue weighted by Gasteiger charge is 2.17. The standard InChI is InChI=1S/C18H19N5O2S/c1-11-14(8-20-23-11)18-22-15(10-26-18)17(24)21-13-4-2-12(3-5-13)16-9-19-6-7-25-16/h2-5,8,10,16,19H,6-7,9H2,1H3,(H,20,23)(H,21,24). The number of hydrogen-bond acceptors (Lipinski definition) is 6. The van der Waals surface area contributed by atoms with Gasteiger partial charge in [-0.3, -0.25) is 9.89 Å². The van der Waals surface area contributed by atoms with E-state index in [1.807, 2.05) is 31.2 Å². The Morgan fingerprint density at radius 2 is 2.19 bits per heavy atom. The molecule has 1 amide bonds. The minimum absolute atomic E-state index is 0.0628. The van der Waals surface area contributed by atoms with Crippen molar-refractivity contribution in [1.82, 2.24) is 20.5 Å². The van der Waals surface area contributed by atoms with E-state index in [0.717, 1.165) is 40.6 Å². The number of anilines is 1. The molecule has 2 aromatic heterocycles. The molecule has 0 bridgehead atoms. The Bertz CT molecular complexity index is 896. The van der Waals surface area contributed by atoms with Gasteiger partial charge in [0.1, 0.15) is 10.7 Å². The number of carbonyl (C=O) groups is 1. The second-order valence-electron chi connectivity index (χ2n) is 6.09. The van der Waals surface area contributed by atoms with Gasteiger partial charge in [-0.15, -0.1) is 11.3 Å². The molecule has 8 heteroatoms. The average molecular weight is 369 g/mol. The van der Waals surface area contributed by atoms with Crippen LogP contribution in [-0.2, 0) is 4.74 Å². The Balaban J connectivity index is 1.43. The number of benzene rings is 1. The number of thiazole rings is 1. The molecule has 0 spiro atoms. The summed E-state index contributed by atoms with van der Waals surface area (Å²) in [5.74, 6) is -0.225. The lowest BCUT2D eigenvalue weighted by atomic mass is 10.1. The van der Waals surface area contributed by atoms with Crippen LogP contribution in [0.25, 0.3) is 10.6 Å². The lowest BCUT2D eigenvalue weighted by Crippen LogP contribution is -2.33. The first-order valence-electron chi connectivity index (χ1n) is 8.40. The number of H-pyrrole nitrogens is 1. The highest BCUT2D eigenvalue weighted by molar-refractivity contribution is 7.13. The van der Waals surface area contributed by atoms with Gasteiger partial charge < -0.3 is 15.4 Å². The Hall–Kier alpha value is -2.55. The summed E-state index contributed by atoms with van der Waals surface area (Å²) >= 11 is 1.43. The van der Waals surface area contributed by atoms with Gasteiger partial charge in [0.15, 0.2) is 0 Å². The van der Waals surface area contributed by atoms with Crippen molar-refractivity contribution in [2.24, 2.45) is 0 Å². The third-order valence-electron chi connectivity index (χ3n) is 4.27. The van der Waals surface area contributed by atoms with Crippen molar-refractivity contribution in [3.63, 3.8) is 0 Å². The van der Waals surface area contributed by atoms with Crippen LogP contribution in [0.4, 0.5) is 5.69 Å². The van der Waals surface area contributed by atoms with Gasteiger partial charge in [0.2, 0.25) is 0 Å². The Morgan fingerprint density at radius 1 is 1.35 bits per heavy atom. The Labute approximate surface area is 154 Å².